The molecule has 190 valence electrons. The Hall–Kier alpha value is -3.80. The molecule has 0 saturated heterocycles. The predicted molar refractivity (Wildman–Crippen MR) is 146 cm³/mol. The summed E-state index contributed by atoms with van der Waals surface area (Å²) in [6.07, 6.45) is 0. The highest BCUT2D eigenvalue weighted by Crippen LogP contribution is 2.32. The third-order valence-corrected chi connectivity index (χ3v) is 5.95. The fraction of sp³-hybridized carbons (Fsp3) is 0.333. The number of rotatable bonds is 9. The number of nitrogens with zero attached hydrogens (tertiary/aromatic N) is 2. The molecule has 1 N–H and O–H groups in total. The van der Waals surface area contributed by atoms with Crippen LogP contribution < -0.4 is 15.0 Å². The summed E-state index contributed by atoms with van der Waals surface area (Å²) in [7, 11) is 3.95. The maximum absolute atomic E-state index is 13.6. The molecule has 0 aliphatic carbocycles. The van der Waals surface area contributed by atoms with Gasteiger partial charge in [0.05, 0.1) is 6.04 Å². The van der Waals surface area contributed by atoms with Crippen molar-refractivity contribution in [3.63, 3.8) is 0 Å². The first-order valence-electron chi connectivity index (χ1n) is 12.2. The molecule has 0 unspecified atom stereocenters. The second-order valence-corrected chi connectivity index (χ2v) is 10.2. The van der Waals surface area contributed by atoms with Crippen LogP contribution in [0.3, 0.4) is 0 Å². The fourth-order valence-electron chi connectivity index (χ4n) is 4.00. The summed E-state index contributed by atoms with van der Waals surface area (Å²) in [4.78, 5) is 30.1. The van der Waals surface area contributed by atoms with Crippen LogP contribution in [0.2, 0.25) is 0 Å². The number of carbonyl (C=O) groups is 2. The van der Waals surface area contributed by atoms with E-state index in [0.717, 1.165) is 16.8 Å². The molecule has 0 saturated carbocycles. The van der Waals surface area contributed by atoms with Crippen molar-refractivity contribution < 1.29 is 14.3 Å². The second-order valence-electron chi connectivity index (χ2n) is 10.2. The molecule has 0 heterocycles. The van der Waals surface area contributed by atoms with Gasteiger partial charge in [0, 0.05) is 37.4 Å². The van der Waals surface area contributed by atoms with Crippen LogP contribution in [0.15, 0.2) is 78.9 Å². The number of amides is 2. The summed E-state index contributed by atoms with van der Waals surface area (Å²) in [5, 5.41) is 2.93. The van der Waals surface area contributed by atoms with Crippen molar-refractivity contribution in [2.45, 2.75) is 40.3 Å². The Morgan fingerprint density at radius 3 is 2.11 bits per heavy atom. The van der Waals surface area contributed by atoms with Gasteiger partial charge in [-0.25, -0.2) is 0 Å². The van der Waals surface area contributed by atoms with Crippen molar-refractivity contribution in [2.75, 3.05) is 30.9 Å². The number of benzene rings is 3. The van der Waals surface area contributed by atoms with Gasteiger partial charge < -0.3 is 19.9 Å². The molecule has 3 aromatic rings. The fourth-order valence-corrected chi connectivity index (χ4v) is 4.00. The van der Waals surface area contributed by atoms with Gasteiger partial charge in [0.1, 0.15) is 5.75 Å². The average Bonchev–Trinajstić information content (AvgIpc) is 2.86. The van der Waals surface area contributed by atoms with E-state index in [1.54, 1.807) is 0 Å². The van der Waals surface area contributed by atoms with E-state index in [9.17, 15) is 9.59 Å². The summed E-state index contributed by atoms with van der Waals surface area (Å²) in [5.41, 5.74) is 3.13. The first kappa shape index (κ1) is 26.8. The van der Waals surface area contributed by atoms with Crippen LogP contribution in [0, 0.1) is 5.41 Å². The van der Waals surface area contributed by atoms with Gasteiger partial charge in [0.2, 0.25) is 5.91 Å². The minimum Gasteiger partial charge on any atom is -0.484 e. The molecule has 0 aliphatic rings. The monoisotopic (exact) mass is 487 g/mol. The highest BCUT2D eigenvalue weighted by atomic mass is 16.5. The van der Waals surface area contributed by atoms with Gasteiger partial charge >= 0.3 is 0 Å². The molecule has 36 heavy (non-hydrogen) atoms. The van der Waals surface area contributed by atoms with Crippen molar-refractivity contribution in [3.8, 4) is 5.75 Å². The number of carbonyl (C=O) groups excluding carboxylic acids is 2. The highest BCUT2D eigenvalue weighted by Gasteiger charge is 2.31. The normalized spacial score (nSPS) is 11.9. The van der Waals surface area contributed by atoms with Crippen molar-refractivity contribution in [3.05, 3.63) is 90.0 Å². The minimum atomic E-state index is -0.540. The van der Waals surface area contributed by atoms with Gasteiger partial charge in [-0.3, -0.25) is 9.59 Å². The SMILES string of the molecule is C[C@H](c1ccccc1)N(Cc1cc(NC(=O)COc2ccccc2)ccc1N(C)C)C(=O)C(C)(C)C. The lowest BCUT2D eigenvalue weighted by molar-refractivity contribution is -0.142. The van der Waals surface area contributed by atoms with Crippen LogP contribution in [0.4, 0.5) is 11.4 Å². The third kappa shape index (κ3) is 7.11. The molecule has 0 bridgehead atoms. The molecule has 3 rings (SSSR count). The van der Waals surface area contributed by atoms with Crippen molar-refractivity contribution in [2.24, 2.45) is 5.41 Å². The van der Waals surface area contributed by atoms with Crippen molar-refractivity contribution >= 4 is 23.2 Å². The van der Waals surface area contributed by atoms with E-state index in [4.69, 9.17) is 4.74 Å². The highest BCUT2D eigenvalue weighted by molar-refractivity contribution is 5.92. The van der Waals surface area contributed by atoms with E-state index in [-0.39, 0.29) is 24.5 Å². The minimum absolute atomic E-state index is 0.0641. The summed E-state index contributed by atoms with van der Waals surface area (Å²) in [6, 6.07) is 25.0. The smallest absolute Gasteiger partial charge is 0.262 e. The molecule has 6 nitrogen and oxygen atoms in total. The van der Waals surface area contributed by atoms with E-state index in [0.29, 0.717) is 18.0 Å². The molecule has 0 aliphatic heterocycles. The zero-order valence-electron chi connectivity index (χ0n) is 22.1. The van der Waals surface area contributed by atoms with Crippen LogP contribution in [-0.4, -0.2) is 37.4 Å². The Balaban J connectivity index is 1.86. The van der Waals surface area contributed by atoms with E-state index in [1.165, 1.54) is 0 Å². The standard InChI is InChI=1S/C30H37N3O3/c1-22(23-13-9-7-10-14-23)33(29(35)30(2,3)4)20-24-19-25(17-18-27(24)32(5)6)31-28(34)21-36-26-15-11-8-12-16-26/h7-19,22H,20-21H2,1-6H3,(H,31,34)/t22-/m1/s1. The number of ether oxygens (including phenoxy) is 1. The van der Waals surface area contributed by atoms with Gasteiger partial charge in [0.25, 0.3) is 5.91 Å². The topological polar surface area (TPSA) is 61.9 Å². The molecule has 2 amide bonds. The molecule has 0 aromatic heterocycles. The number of nitrogens with one attached hydrogen (secondary N) is 1. The molecule has 0 radical (unpaired) electrons. The van der Waals surface area contributed by atoms with E-state index >= 15 is 0 Å². The molecular weight excluding hydrogens is 450 g/mol. The van der Waals surface area contributed by atoms with Crippen LogP contribution in [-0.2, 0) is 16.1 Å². The number of anilines is 2. The van der Waals surface area contributed by atoms with Gasteiger partial charge in [-0.1, -0.05) is 69.3 Å². The van der Waals surface area contributed by atoms with E-state index < -0.39 is 5.41 Å². The number of hydrogen-bond acceptors (Lipinski definition) is 4. The molecule has 0 fully saturated rings. The van der Waals surface area contributed by atoms with Crippen LogP contribution in [0.5, 0.6) is 5.75 Å². The Morgan fingerprint density at radius 2 is 1.53 bits per heavy atom. The van der Waals surface area contributed by atoms with E-state index in [1.807, 2.05) is 124 Å². The summed E-state index contributed by atoms with van der Waals surface area (Å²) in [6.45, 7) is 8.20. The maximum Gasteiger partial charge on any atom is 0.262 e. The van der Waals surface area contributed by atoms with Crippen molar-refractivity contribution in [1.29, 1.82) is 0 Å². The average molecular weight is 488 g/mol. The molecule has 3 aromatic carbocycles. The van der Waals surface area contributed by atoms with Gasteiger partial charge in [-0.05, 0) is 48.4 Å². The van der Waals surface area contributed by atoms with Crippen LogP contribution >= 0.6 is 0 Å². The Labute approximate surface area is 214 Å². The second kappa shape index (κ2) is 11.8. The van der Waals surface area contributed by atoms with Crippen LogP contribution in [0.25, 0.3) is 0 Å². The van der Waals surface area contributed by atoms with Crippen LogP contribution in [0.1, 0.15) is 44.9 Å². The molecule has 6 heteroatoms. The molecule has 1 atom stereocenters. The number of hydrogen-bond donors (Lipinski definition) is 1. The lowest BCUT2D eigenvalue weighted by atomic mass is 9.92. The summed E-state index contributed by atoms with van der Waals surface area (Å²) < 4.78 is 5.57. The Bertz CT molecular complexity index is 1160. The first-order valence-corrected chi connectivity index (χ1v) is 12.2. The molecular formula is C30H37N3O3. The summed E-state index contributed by atoms with van der Waals surface area (Å²) >= 11 is 0. The predicted octanol–water partition coefficient (Wildman–Crippen LogP) is 5.91. The largest absolute Gasteiger partial charge is 0.484 e. The van der Waals surface area contributed by atoms with E-state index in [2.05, 4.69) is 12.2 Å². The van der Waals surface area contributed by atoms with Gasteiger partial charge in [0.15, 0.2) is 6.61 Å². The quantitative estimate of drug-likeness (QED) is 0.408. The zero-order chi connectivity index (χ0) is 26.3. The van der Waals surface area contributed by atoms with Gasteiger partial charge in [-0.15, -0.1) is 0 Å². The first-order chi connectivity index (χ1) is 17.1. The van der Waals surface area contributed by atoms with Gasteiger partial charge in [-0.2, -0.15) is 0 Å². The number of para-hydroxylation sites is 1. The van der Waals surface area contributed by atoms with Crippen molar-refractivity contribution in [1.82, 2.24) is 4.90 Å². The lowest BCUT2D eigenvalue weighted by Gasteiger charge is -2.35. The molecule has 0 spiro atoms. The Kier molecular flexibility index (Phi) is 8.75. The Morgan fingerprint density at radius 1 is 0.917 bits per heavy atom. The third-order valence-electron chi connectivity index (χ3n) is 5.95. The zero-order valence-corrected chi connectivity index (χ0v) is 22.1. The maximum atomic E-state index is 13.6. The summed E-state index contributed by atoms with van der Waals surface area (Å²) in [5.74, 6) is 0.458. The lowest BCUT2D eigenvalue weighted by Crippen LogP contribution is -2.40.